The lowest BCUT2D eigenvalue weighted by Gasteiger charge is -2.13. The van der Waals surface area contributed by atoms with E-state index >= 15 is 0 Å². The van der Waals surface area contributed by atoms with Crippen molar-refractivity contribution in [3.63, 3.8) is 0 Å². The van der Waals surface area contributed by atoms with Gasteiger partial charge >= 0.3 is 5.69 Å². The van der Waals surface area contributed by atoms with Crippen LogP contribution in [-0.4, -0.2) is 32.8 Å². The first-order valence-corrected chi connectivity index (χ1v) is 6.79. The molecule has 2 heterocycles. The van der Waals surface area contributed by atoms with Crippen LogP contribution in [0.3, 0.4) is 0 Å². The Morgan fingerprint density at radius 2 is 1.90 bits per heavy atom. The molecule has 0 aromatic carbocycles. The number of anilines is 1. The van der Waals surface area contributed by atoms with Gasteiger partial charge in [-0.05, 0) is 6.92 Å². The highest BCUT2D eigenvalue weighted by Gasteiger charge is 2.19. The number of hydrogen-bond acceptors (Lipinski definition) is 4. The summed E-state index contributed by atoms with van der Waals surface area (Å²) in [4.78, 5) is 30.6. The number of halogens is 1. The summed E-state index contributed by atoms with van der Waals surface area (Å²) in [6, 6.07) is 0. The monoisotopic (exact) mass is 311 g/mol. The third-order valence-electron chi connectivity index (χ3n) is 3.28. The van der Waals surface area contributed by atoms with Gasteiger partial charge in [0.25, 0.3) is 5.56 Å². The van der Waals surface area contributed by atoms with Gasteiger partial charge in [-0.2, -0.15) is 4.98 Å². The highest BCUT2D eigenvalue weighted by atomic mass is 35.5. The molecule has 0 fully saturated rings. The van der Waals surface area contributed by atoms with Crippen LogP contribution in [0, 0.1) is 0 Å². The molecule has 0 bridgehead atoms. The van der Waals surface area contributed by atoms with E-state index in [0.717, 1.165) is 4.57 Å². The highest BCUT2D eigenvalue weighted by Crippen LogP contribution is 2.18. The molecule has 0 aliphatic rings. The van der Waals surface area contributed by atoms with Crippen molar-refractivity contribution in [1.29, 1.82) is 0 Å². The maximum absolute atomic E-state index is 12.4. The number of aromatic nitrogens is 4. The van der Waals surface area contributed by atoms with Crippen molar-refractivity contribution in [2.75, 3.05) is 19.0 Å². The number of hydrogen-bond donors (Lipinski definition) is 0. The molecule has 0 spiro atoms. The van der Waals surface area contributed by atoms with Crippen LogP contribution in [0.1, 0.15) is 6.92 Å². The van der Waals surface area contributed by atoms with E-state index in [1.165, 1.54) is 11.6 Å². The first-order chi connectivity index (χ1) is 9.75. The predicted molar refractivity (Wildman–Crippen MR) is 84.2 cm³/mol. The van der Waals surface area contributed by atoms with Gasteiger partial charge in [-0.3, -0.25) is 13.9 Å². The second kappa shape index (κ2) is 5.40. The van der Waals surface area contributed by atoms with E-state index in [0.29, 0.717) is 28.7 Å². The third kappa shape index (κ3) is 2.49. The molecular weight excluding hydrogens is 294 g/mol. The molecule has 0 aliphatic carbocycles. The quantitative estimate of drug-likeness (QED) is 0.834. The molecule has 0 saturated heterocycles. The Hall–Kier alpha value is -2.02. The SMILES string of the molecule is CC(Cl)=CCn1c(N(C)C)nc2c1c(=O)n(C)c(=O)n2C. The standard InChI is InChI=1S/C13H18ClN5O2/c1-8(14)6-7-19-9-10(15-12(19)16(2)3)17(4)13(21)18(5)11(9)20/h6H,7H2,1-5H3. The van der Waals surface area contributed by atoms with Crippen LogP contribution in [0.5, 0.6) is 0 Å². The van der Waals surface area contributed by atoms with Crippen molar-refractivity contribution in [3.05, 3.63) is 31.9 Å². The maximum atomic E-state index is 12.4. The van der Waals surface area contributed by atoms with Crippen LogP contribution in [0.15, 0.2) is 20.7 Å². The van der Waals surface area contributed by atoms with E-state index in [1.54, 1.807) is 29.5 Å². The van der Waals surface area contributed by atoms with E-state index in [2.05, 4.69) is 4.98 Å². The first-order valence-electron chi connectivity index (χ1n) is 6.41. The zero-order chi connectivity index (χ0) is 15.9. The van der Waals surface area contributed by atoms with Gasteiger partial charge in [0.05, 0.1) is 0 Å². The second-order valence-electron chi connectivity index (χ2n) is 5.09. The lowest BCUT2D eigenvalue weighted by atomic mass is 10.4. The van der Waals surface area contributed by atoms with Gasteiger partial charge < -0.3 is 9.47 Å². The molecule has 0 radical (unpaired) electrons. The van der Waals surface area contributed by atoms with Crippen molar-refractivity contribution < 1.29 is 0 Å². The van der Waals surface area contributed by atoms with Crippen molar-refractivity contribution in [3.8, 4) is 0 Å². The summed E-state index contributed by atoms with van der Waals surface area (Å²) in [7, 11) is 6.72. The number of fused-ring (bicyclic) bond motifs is 1. The summed E-state index contributed by atoms with van der Waals surface area (Å²) in [5.74, 6) is 0.595. The van der Waals surface area contributed by atoms with Gasteiger partial charge in [0, 0.05) is 39.8 Å². The number of allylic oxidation sites excluding steroid dienone is 2. The van der Waals surface area contributed by atoms with Crippen LogP contribution in [0.2, 0.25) is 0 Å². The van der Waals surface area contributed by atoms with Crippen molar-refractivity contribution in [2.24, 2.45) is 14.1 Å². The van der Waals surface area contributed by atoms with Crippen molar-refractivity contribution in [2.45, 2.75) is 13.5 Å². The molecule has 2 aromatic heterocycles. The topological polar surface area (TPSA) is 65.1 Å². The number of imidazole rings is 1. The lowest BCUT2D eigenvalue weighted by molar-refractivity contribution is 0.703. The first kappa shape index (κ1) is 15.4. The lowest BCUT2D eigenvalue weighted by Crippen LogP contribution is -2.37. The molecule has 0 N–H and O–H groups in total. The normalized spacial score (nSPS) is 12.2. The van der Waals surface area contributed by atoms with Gasteiger partial charge in [0.1, 0.15) is 0 Å². The largest absolute Gasteiger partial charge is 0.348 e. The Morgan fingerprint density at radius 1 is 1.29 bits per heavy atom. The average Bonchev–Trinajstić information content (AvgIpc) is 2.80. The van der Waals surface area contributed by atoms with Crippen LogP contribution >= 0.6 is 11.6 Å². The molecule has 2 rings (SSSR count). The van der Waals surface area contributed by atoms with Gasteiger partial charge in [-0.15, -0.1) is 0 Å². The number of nitrogens with zero attached hydrogens (tertiary/aromatic N) is 5. The second-order valence-corrected chi connectivity index (χ2v) is 5.68. The zero-order valence-corrected chi connectivity index (χ0v) is 13.5. The molecule has 0 amide bonds. The van der Waals surface area contributed by atoms with Gasteiger partial charge in [-0.25, -0.2) is 4.79 Å². The van der Waals surface area contributed by atoms with Crippen molar-refractivity contribution in [1.82, 2.24) is 18.7 Å². The van der Waals surface area contributed by atoms with Crippen LogP contribution in [0.4, 0.5) is 5.95 Å². The Morgan fingerprint density at radius 3 is 2.43 bits per heavy atom. The van der Waals surface area contributed by atoms with Crippen molar-refractivity contribution >= 4 is 28.7 Å². The number of aryl methyl sites for hydroxylation is 1. The zero-order valence-electron chi connectivity index (χ0n) is 12.7. The highest BCUT2D eigenvalue weighted by molar-refractivity contribution is 6.29. The molecule has 7 nitrogen and oxygen atoms in total. The molecule has 114 valence electrons. The molecule has 0 aliphatic heterocycles. The number of rotatable bonds is 3. The van der Waals surface area contributed by atoms with E-state index in [1.807, 2.05) is 14.1 Å². The third-order valence-corrected chi connectivity index (χ3v) is 3.44. The minimum Gasteiger partial charge on any atom is -0.348 e. The minimum atomic E-state index is -0.397. The molecule has 21 heavy (non-hydrogen) atoms. The van der Waals surface area contributed by atoms with E-state index in [4.69, 9.17) is 11.6 Å². The summed E-state index contributed by atoms with van der Waals surface area (Å²) >= 11 is 5.88. The Labute approximate surface area is 126 Å². The molecule has 0 saturated carbocycles. The summed E-state index contributed by atoms with van der Waals surface area (Å²) in [5, 5.41) is 0.628. The average molecular weight is 312 g/mol. The Bertz CT molecular complexity index is 837. The van der Waals surface area contributed by atoms with E-state index < -0.39 is 5.69 Å². The summed E-state index contributed by atoms with van der Waals surface area (Å²) < 4.78 is 4.21. The molecule has 0 atom stereocenters. The fraction of sp³-hybridized carbons (Fsp3) is 0.462. The minimum absolute atomic E-state index is 0.366. The summed E-state index contributed by atoms with van der Waals surface area (Å²) in [6.45, 7) is 2.18. The summed E-state index contributed by atoms with van der Waals surface area (Å²) in [6.07, 6.45) is 1.79. The van der Waals surface area contributed by atoms with Crippen LogP contribution < -0.4 is 16.1 Å². The predicted octanol–water partition coefficient (Wildman–Crippen LogP) is 0.642. The summed E-state index contributed by atoms with van der Waals surface area (Å²) in [5.41, 5.74) is -0.00857. The molecule has 2 aromatic rings. The Kier molecular flexibility index (Phi) is 3.95. The van der Waals surface area contributed by atoms with E-state index in [-0.39, 0.29) is 5.56 Å². The maximum Gasteiger partial charge on any atom is 0.332 e. The molecule has 0 unspecified atom stereocenters. The van der Waals surface area contributed by atoms with Gasteiger partial charge in [0.15, 0.2) is 11.2 Å². The Balaban J connectivity index is 2.93. The van der Waals surface area contributed by atoms with E-state index in [9.17, 15) is 9.59 Å². The van der Waals surface area contributed by atoms with Crippen LogP contribution in [0.25, 0.3) is 11.2 Å². The molecular formula is C13H18ClN5O2. The smallest absolute Gasteiger partial charge is 0.332 e. The fourth-order valence-corrected chi connectivity index (χ4v) is 2.24. The fourth-order valence-electron chi connectivity index (χ4n) is 2.17. The van der Waals surface area contributed by atoms with Crippen LogP contribution in [-0.2, 0) is 20.6 Å². The molecule has 8 heteroatoms. The van der Waals surface area contributed by atoms with Gasteiger partial charge in [0.2, 0.25) is 5.95 Å². The van der Waals surface area contributed by atoms with Gasteiger partial charge in [-0.1, -0.05) is 17.7 Å².